The van der Waals surface area contributed by atoms with Crippen LogP contribution in [0.5, 0.6) is 0 Å². The highest BCUT2D eigenvalue weighted by molar-refractivity contribution is 7.92. The van der Waals surface area contributed by atoms with E-state index in [2.05, 4.69) is 4.74 Å². The van der Waals surface area contributed by atoms with Crippen molar-refractivity contribution < 1.29 is 17.9 Å². The molecule has 2 rings (SSSR count). The number of esters is 1. The van der Waals surface area contributed by atoms with Crippen LogP contribution in [0.25, 0.3) is 0 Å². The summed E-state index contributed by atoms with van der Waals surface area (Å²) in [6.45, 7) is -0.544. The van der Waals surface area contributed by atoms with E-state index in [0.717, 1.165) is 4.31 Å². The van der Waals surface area contributed by atoms with Gasteiger partial charge >= 0.3 is 5.97 Å². The van der Waals surface area contributed by atoms with Gasteiger partial charge in [0.05, 0.1) is 27.7 Å². The lowest BCUT2D eigenvalue weighted by atomic mass is 10.3. The van der Waals surface area contributed by atoms with Gasteiger partial charge in [0.15, 0.2) is 0 Å². The molecule has 0 amide bonds. The van der Waals surface area contributed by atoms with E-state index in [4.69, 9.17) is 23.2 Å². The summed E-state index contributed by atoms with van der Waals surface area (Å²) in [6, 6.07) is 12.3. The third-order valence-corrected chi connectivity index (χ3v) is 5.39. The molecule has 0 heterocycles. The zero-order valence-corrected chi connectivity index (χ0v) is 14.4. The zero-order chi connectivity index (χ0) is 17.0. The summed E-state index contributed by atoms with van der Waals surface area (Å²) in [4.78, 5) is 11.7. The maximum absolute atomic E-state index is 12.9. The summed E-state index contributed by atoms with van der Waals surface area (Å²) in [7, 11) is -2.87. The van der Waals surface area contributed by atoms with E-state index in [1.165, 1.54) is 31.4 Å². The van der Waals surface area contributed by atoms with E-state index in [9.17, 15) is 13.2 Å². The Morgan fingerprint density at radius 1 is 1.04 bits per heavy atom. The Morgan fingerprint density at radius 3 is 2.13 bits per heavy atom. The molecule has 23 heavy (non-hydrogen) atoms. The van der Waals surface area contributed by atoms with Gasteiger partial charge in [0, 0.05) is 0 Å². The molecule has 0 aliphatic rings. The summed E-state index contributed by atoms with van der Waals surface area (Å²) in [5.41, 5.74) is 0.0325. The van der Waals surface area contributed by atoms with E-state index in [-0.39, 0.29) is 20.6 Å². The molecule has 0 aliphatic heterocycles. The quantitative estimate of drug-likeness (QED) is 0.753. The lowest BCUT2D eigenvalue weighted by molar-refractivity contribution is -0.138. The molecular formula is C15H13Cl2NO4S. The first-order valence-electron chi connectivity index (χ1n) is 6.46. The number of methoxy groups -OCH3 is 1. The van der Waals surface area contributed by atoms with Crippen LogP contribution in [0.2, 0.25) is 10.0 Å². The molecule has 0 fully saturated rings. The summed E-state index contributed by atoms with van der Waals surface area (Å²) < 4.78 is 31.2. The number of ether oxygens (including phenoxy) is 1. The molecule has 0 saturated heterocycles. The summed E-state index contributed by atoms with van der Waals surface area (Å²) in [5, 5.41) is 0.224. The highest BCUT2D eigenvalue weighted by Gasteiger charge is 2.30. The molecule has 0 atom stereocenters. The SMILES string of the molecule is COC(=O)CN(c1c(Cl)cccc1Cl)S(=O)(=O)c1ccccc1. The van der Waals surface area contributed by atoms with Gasteiger partial charge in [-0.05, 0) is 24.3 Å². The zero-order valence-electron chi connectivity index (χ0n) is 12.1. The number of hydrogen-bond acceptors (Lipinski definition) is 4. The van der Waals surface area contributed by atoms with E-state index in [1.807, 2.05) is 0 Å². The average molecular weight is 374 g/mol. The monoisotopic (exact) mass is 373 g/mol. The molecule has 5 nitrogen and oxygen atoms in total. The Kier molecular flexibility index (Phi) is 5.51. The lowest BCUT2D eigenvalue weighted by Gasteiger charge is -2.25. The molecule has 0 spiro atoms. The molecule has 122 valence electrons. The average Bonchev–Trinajstić information content (AvgIpc) is 2.54. The van der Waals surface area contributed by atoms with Gasteiger partial charge in [0.2, 0.25) is 0 Å². The van der Waals surface area contributed by atoms with E-state index < -0.39 is 22.5 Å². The Bertz CT molecular complexity index is 789. The molecule has 0 radical (unpaired) electrons. The smallest absolute Gasteiger partial charge is 0.326 e. The van der Waals surface area contributed by atoms with Crippen LogP contribution in [-0.2, 0) is 19.6 Å². The van der Waals surface area contributed by atoms with Gasteiger partial charge < -0.3 is 4.74 Å². The Labute approximate surface area is 144 Å². The van der Waals surface area contributed by atoms with Crippen molar-refractivity contribution in [3.8, 4) is 0 Å². The van der Waals surface area contributed by atoms with Crippen LogP contribution in [0.3, 0.4) is 0 Å². The number of anilines is 1. The second kappa shape index (κ2) is 7.21. The molecule has 0 saturated carbocycles. The predicted octanol–water partition coefficient (Wildman–Crippen LogP) is 3.36. The largest absolute Gasteiger partial charge is 0.468 e. The van der Waals surface area contributed by atoms with Crippen molar-refractivity contribution in [1.82, 2.24) is 0 Å². The molecule has 8 heteroatoms. The van der Waals surface area contributed by atoms with Crippen molar-refractivity contribution >= 4 is 44.9 Å². The maximum Gasteiger partial charge on any atom is 0.326 e. The molecule has 0 aliphatic carbocycles. The molecule has 2 aromatic rings. The second-order valence-electron chi connectivity index (χ2n) is 4.47. The lowest BCUT2D eigenvalue weighted by Crippen LogP contribution is -2.36. The Balaban J connectivity index is 2.62. The van der Waals surface area contributed by atoms with Gasteiger partial charge in [-0.1, -0.05) is 47.5 Å². The number of carbonyl (C=O) groups is 1. The molecular weight excluding hydrogens is 361 g/mol. The third kappa shape index (κ3) is 3.77. The second-order valence-corrected chi connectivity index (χ2v) is 7.15. The van der Waals surface area contributed by atoms with Gasteiger partial charge in [-0.3, -0.25) is 9.10 Å². The first-order valence-corrected chi connectivity index (χ1v) is 8.66. The van der Waals surface area contributed by atoms with Crippen LogP contribution < -0.4 is 4.31 Å². The first kappa shape index (κ1) is 17.6. The number of nitrogens with zero attached hydrogens (tertiary/aromatic N) is 1. The standard InChI is InChI=1S/C15H13Cl2NO4S/c1-22-14(19)10-18(15-12(16)8-5-9-13(15)17)23(20,21)11-6-3-2-4-7-11/h2-9H,10H2,1H3. The summed E-state index contributed by atoms with van der Waals surface area (Å²) in [6.07, 6.45) is 0. The van der Waals surface area contributed by atoms with Crippen molar-refractivity contribution in [3.05, 3.63) is 58.6 Å². The number of halogens is 2. The van der Waals surface area contributed by atoms with Crippen molar-refractivity contribution in [2.75, 3.05) is 18.0 Å². The Hall–Kier alpha value is -1.76. The minimum atomic E-state index is -4.04. The number of rotatable bonds is 5. The molecule has 0 bridgehead atoms. The fourth-order valence-electron chi connectivity index (χ4n) is 1.91. The number of para-hydroxylation sites is 1. The first-order chi connectivity index (χ1) is 10.9. The van der Waals surface area contributed by atoms with Gasteiger partial charge in [0.25, 0.3) is 10.0 Å². The van der Waals surface area contributed by atoms with Crippen LogP contribution in [0.15, 0.2) is 53.4 Å². The number of sulfonamides is 1. The van der Waals surface area contributed by atoms with Crippen LogP contribution in [0.1, 0.15) is 0 Å². The fraction of sp³-hybridized carbons (Fsp3) is 0.133. The van der Waals surface area contributed by atoms with Crippen molar-refractivity contribution in [2.45, 2.75) is 4.90 Å². The minimum absolute atomic E-state index is 0.0138. The number of carbonyl (C=O) groups excluding carboxylic acids is 1. The van der Waals surface area contributed by atoms with E-state index in [1.54, 1.807) is 24.3 Å². The van der Waals surface area contributed by atoms with Gasteiger partial charge in [-0.15, -0.1) is 0 Å². The van der Waals surface area contributed by atoms with Crippen LogP contribution >= 0.6 is 23.2 Å². The highest BCUT2D eigenvalue weighted by Crippen LogP contribution is 2.36. The van der Waals surface area contributed by atoms with Crippen LogP contribution in [0.4, 0.5) is 5.69 Å². The van der Waals surface area contributed by atoms with Crippen LogP contribution in [-0.4, -0.2) is 28.0 Å². The van der Waals surface area contributed by atoms with E-state index >= 15 is 0 Å². The Morgan fingerprint density at radius 2 is 1.61 bits per heavy atom. The predicted molar refractivity (Wildman–Crippen MR) is 89.5 cm³/mol. The molecule has 0 N–H and O–H groups in total. The normalized spacial score (nSPS) is 11.1. The van der Waals surface area contributed by atoms with Crippen LogP contribution in [0, 0.1) is 0 Å². The number of benzene rings is 2. The summed E-state index contributed by atoms with van der Waals surface area (Å²) in [5.74, 6) is -0.736. The third-order valence-electron chi connectivity index (χ3n) is 3.02. The van der Waals surface area contributed by atoms with Crippen molar-refractivity contribution in [3.63, 3.8) is 0 Å². The fourth-order valence-corrected chi connectivity index (χ4v) is 4.08. The molecule has 0 aromatic heterocycles. The maximum atomic E-state index is 12.9. The highest BCUT2D eigenvalue weighted by atomic mass is 35.5. The number of hydrogen-bond donors (Lipinski definition) is 0. The van der Waals surface area contributed by atoms with E-state index in [0.29, 0.717) is 0 Å². The minimum Gasteiger partial charge on any atom is -0.468 e. The van der Waals surface area contributed by atoms with Crippen molar-refractivity contribution in [2.24, 2.45) is 0 Å². The van der Waals surface area contributed by atoms with Gasteiger partial charge in [-0.2, -0.15) is 0 Å². The molecule has 2 aromatic carbocycles. The van der Waals surface area contributed by atoms with Crippen molar-refractivity contribution in [1.29, 1.82) is 0 Å². The topological polar surface area (TPSA) is 63.7 Å². The van der Waals surface area contributed by atoms with Gasteiger partial charge in [-0.25, -0.2) is 8.42 Å². The van der Waals surface area contributed by atoms with Gasteiger partial charge in [0.1, 0.15) is 6.54 Å². The molecule has 0 unspecified atom stereocenters. The summed E-state index contributed by atoms with van der Waals surface area (Å²) >= 11 is 12.2.